The van der Waals surface area contributed by atoms with Gasteiger partial charge in [0.1, 0.15) is 16.4 Å². The average molecular weight is 215 g/mol. The van der Waals surface area contributed by atoms with Crippen molar-refractivity contribution in [2.75, 3.05) is 17.2 Å². The molecule has 2 N–H and O–H groups in total. The number of hydrogen-bond acceptors (Lipinski definition) is 5. The molecule has 0 unspecified atom stereocenters. The van der Waals surface area contributed by atoms with Gasteiger partial charge in [0.05, 0.1) is 5.69 Å². The number of thioether (sulfide) groups is 2. The molecule has 0 atom stereocenters. The summed E-state index contributed by atoms with van der Waals surface area (Å²) in [6.45, 7) is 4.16. The molecular formula is C8H13N3S2. The molecule has 1 heterocycles. The highest BCUT2D eigenvalue weighted by molar-refractivity contribution is 8.00. The van der Waals surface area contributed by atoms with Gasteiger partial charge in [-0.2, -0.15) is 0 Å². The molecule has 0 radical (unpaired) electrons. The number of hydrogen-bond donors (Lipinski definition) is 1. The van der Waals surface area contributed by atoms with E-state index in [2.05, 4.69) is 23.8 Å². The van der Waals surface area contributed by atoms with Crippen LogP contribution in [0, 0.1) is 0 Å². The summed E-state index contributed by atoms with van der Waals surface area (Å²) in [6.07, 6.45) is 1.58. The molecule has 0 aliphatic carbocycles. The van der Waals surface area contributed by atoms with Gasteiger partial charge in [-0.05, 0) is 11.5 Å². The van der Waals surface area contributed by atoms with Gasteiger partial charge in [0.15, 0.2) is 0 Å². The minimum absolute atomic E-state index is 0.723. The lowest BCUT2D eigenvalue weighted by Gasteiger charge is -2.05. The van der Waals surface area contributed by atoms with E-state index in [4.69, 9.17) is 5.73 Å². The summed E-state index contributed by atoms with van der Waals surface area (Å²) in [6, 6.07) is 0. The molecule has 0 amide bonds. The van der Waals surface area contributed by atoms with Crippen LogP contribution >= 0.6 is 23.5 Å². The number of rotatable bonds is 4. The Morgan fingerprint density at radius 2 is 1.62 bits per heavy atom. The minimum Gasteiger partial charge on any atom is -0.394 e. The second-order valence-corrected chi connectivity index (χ2v) is 4.77. The van der Waals surface area contributed by atoms with Crippen LogP contribution in [0.4, 0.5) is 5.69 Å². The molecule has 5 heteroatoms. The quantitative estimate of drug-likeness (QED) is 0.617. The van der Waals surface area contributed by atoms with Crippen molar-refractivity contribution < 1.29 is 0 Å². The largest absolute Gasteiger partial charge is 0.394 e. The maximum atomic E-state index is 5.89. The third-order valence-electron chi connectivity index (χ3n) is 1.37. The normalized spacial score (nSPS) is 10.3. The van der Waals surface area contributed by atoms with Crippen molar-refractivity contribution in [1.29, 1.82) is 0 Å². The van der Waals surface area contributed by atoms with Gasteiger partial charge >= 0.3 is 0 Å². The Bertz CT molecular complexity index is 254. The van der Waals surface area contributed by atoms with Crippen molar-refractivity contribution in [3.8, 4) is 0 Å². The average Bonchev–Trinajstić information content (AvgIpc) is 2.13. The lowest BCUT2D eigenvalue weighted by atomic mass is 10.6. The zero-order valence-corrected chi connectivity index (χ0v) is 9.41. The Morgan fingerprint density at radius 1 is 1.15 bits per heavy atom. The van der Waals surface area contributed by atoms with E-state index in [-0.39, 0.29) is 0 Å². The van der Waals surface area contributed by atoms with Crippen LogP contribution in [0.15, 0.2) is 16.4 Å². The van der Waals surface area contributed by atoms with Crippen LogP contribution in [-0.2, 0) is 0 Å². The Balaban J connectivity index is 2.89. The molecule has 0 aliphatic rings. The molecule has 0 bridgehead atoms. The molecule has 13 heavy (non-hydrogen) atoms. The van der Waals surface area contributed by atoms with Crippen LogP contribution in [0.1, 0.15) is 13.8 Å². The SMILES string of the molecule is CCSc1ncnc(SCC)c1N. The lowest BCUT2D eigenvalue weighted by molar-refractivity contribution is 0.976. The summed E-state index contributed by atoms with van der Waals surface area (Å²) in [5, 5.41) is 1.79. The summed E-state index contributed by atoms with van der Waals surface area (Å²) in [7, 11) is 0. The number of aromatic nitrogens is 2. The first-order valence-electron chi connectivity index (χ1n) is 4.15. The van der Waals surface area contributed by atoms with Gasteiger partial charge in [-0.15, -0.1) is 23.5 Å². The molecule has 1 rings (SSSR count). The summed E-state index contributed by atoms with van der Waals surface area (Å²) >= 11 is 3.30. The highest BCUT2D eigenvalue weighted by Gasteiger charge is 2.06. The minimum atomic E-state index is 0.723. The second-order valence-electron chi connectivity index (χ2n) is 2.26. The Hall–Kier alpha value is -0.420. The maximum absolute atomic E-state index is 5.89. The Kier molecular flexibility index (Phi) is 4.38. The first-order chi connectivity index (χ1) is 6.29. The van der Waals surface area contributed by atoms with E-state index in [1.165, 1.54) is 0 Å². The van der Waals surface area contributed by atoms with E-state index in [1.54, 1.807) is 29.9 Å². The molecule has 1 aromatic rings. The highest BCUT2D eigenvalue weighted by atomic mass is 32.2. The van der Waals surface area contributed by atoms with Crippen LogP contribution < -0.4 is 5.73 Å². The molecule has 0 aliphatic heterocycles. The van der Waals surface area contributed by atoms with Crippen LogP contribution in [0.5, 0.6) is 0 Å². The van der Waals surface area contributed by atoms with E-state index in [0.29, 0.717) is 0 Å². The van der Waals surface area contributed by atoms with E-state index in [1.807, 2.05) is 0 Å². The third kappa shape index (κ3) is 2.77. The Morgan fingerprint density at radius 3 is 2.00 bits per heavy atom. The smallest absolute Gasteiger partial charge is 0.124 e. The van der Waals surface area contributed by atoms with Crippen LogP contribution in [0.3, 0.4) is 0 Å². The molecule has 1 aromatic heterocycles. The van der Waals surface area contributed by atoms with Gasteiger partial charge < -0.3 is 5.73 Å². The standard InChI is InChI=1S/C8H13N3S2/c1-3-12-7-6(9)8(13-4-2)11-5-10-7/h5H,3-4,9H2,1-2H3. The van der Waals surface area contributed by atoms with Crippen molar-refractivity contribution in [3.63, 3.8) is 0 Å². The first kappa shape index (κ1) is 10.7. The Labute approximate surface area is 86.9 Å². The molecule has 72 valence electrons. The molecule has 0 saturated heterocycles. The van der Waals surface area contributed by atoms with Gasteiger partial charge in [-0.1, -0.05) is 13.8 Å². The third-order valence-corrected chi connectivity index (χ3v) is 3.15. The molecule has 0 spiro atoms. The fraction of sp³-hybridized carbons (Fsp3) is 0.500. The summed E-state index contributed by atoms with van der Waals surface area (Å²) in [5.41, 5.74) is 6.61. The zero-order chi connectivity index (χ0) is 9.68. The number of anilines is 1. The second kappa shape index (κ2) is 5.34. The van der Waals surface area contributed by atoms with Gasteiger partial charge in [0, 0.05) is 0 Å². The van der Waals surface area contributed by atoms with E-state index >= 15 is 0 Å². The molecule has 0 saturated carbocycles. The number of nitrogens with two attached hydrogens (primary N) is 1. The van der Waals surface area contributed by atoms with Gasteiger partial charge in [-0.25, -0.2) is 9.97 Å². The van der Waals surface area contributed by atoms with Gasteiger partial charge in [0.25, 0.3) is 0 Å². The molecule has 3 nitrogen and oxygen atoms in total. The fourth-order valence-corrected chi connectivity index (χ4v) is 2.23. The van der Waals surface area contributed by atoms with Gasteiger partial charge in [0.2, 0.25) is 0 Å². The predicted molar refractivity (Wildman–Crippen MR) is 59.2 cm³/mol. The van der Waals surface area contributed by atoms with Crippen molar-refractivity contribution in [3.05, 3.63) is 6.33 Å². The number of nitrogens with zero attached hydrogens (tertiary/aromatic N) is 2. The summed E-state index contributed by atoms with van der Waals surface area (Å²) in [4.78, 5) is 8.25. The highest BCUT2D eigenvalue weighted by Crippen LogP contribution is 2.29. The lowest BCUT2D eigenvalue weighted by Crippen LogP contribution is -1.97. The van der Waals surface area contributed by atoms with E-state index in [0.717, 1.165) is 27.2 Å². The topological polar surface area (TPSA) is 51.8 Å². The van der Waals surface area contributed by atoms with Crippen LogP contribution in [0.25, 0.3) is 0 Å². The molecule has 0 fully saturated rings. The van der Waals surface area contributed by atoms with Crippen molar-refractivity contribution in [2.24, 2.45) is 0 Å². The van der Waals surface area contributed by atoms with Crippen molar-refractivity contribution >= 4 is 29.2 Å². The molecular weight excluding hydrogens is 202 g/mol. The van der Waals surface area contributed by atoms with E-state index in [9.17, 15) is 0 Å². The van der Waals surface area contributed by atoms with Crippen LogP contribution in [-0.4, -0.2) is 21.5 Å². The van der Waals surface area contributed by atoms with Crippen molar-refractivity contribution in [1.82, 2.24) is 9.97 Å². The predicted octanol–water partition coefficient (Wildman–Crippen LogP) is 2.28. The maximum Gasteiger partial charge on any atom is 0.124 e. The fourth-order valence-electron chi connectivity index (χ4n) is 0.868. The monoisotopic (exact) mass is 215 g/mol. The van der Waals surface area contributed by atoms with Crippen molar-refractivity contribution in [2.45, 2.75) is 23.9 Å². The summed E-state index contributed by atoms with van der Waals surface area (Å²) in [5.74, 6) is 1.97. The summed E-state index contributed by atoms with van der Waals surface area (Å²) < 4.78 is 0. The molecule has 0 aromatic carbocycles. The van der Waals surface area contributed by atoms with E-state index < -0.39 is 0 Å². The van der Waals surface area contributed by atoms with Gasteiger partial charge in [-0.3, -0.25) is 0 Å². The number of nitrogen functional groups attached to an aromatic ring is 1. The zero-order valence-electron chi connectivity index (χ0n) is 7.78. The van der Waals surface area contributed by atoms with Crippen LogP contribution in [0.2, 0.25) is 0 Å². The first-order valence-corrected chi connectivity index (χ1v) is 6.12.